The number of guanidine groups is 1. The van der Waals surface area contributed by atoms with E-state index in [1.165, 1.54) is 16.2 Å². The normalized spacial score (nSPS) is 24.6. The number of nitrogens with one attached hydrogen (secondary N) is 2. The molecule has 0 radical (unpaired) electrons. The van der Waals surface area contributed by atoms with Gasteiger partial charge in [-0.3, -0.25) is 19.9 Å². The number of fused-ring (bicyclic) bond motifs is 1. The van der Waals surface area contributed by atoms with Crippen molar-refractivity contribution < 1.29 is 14.3 Å². The summed E-state index contributed by atoms with van der Waals surface area (Å²) < 4.78 is 5.58. The molecule has 1 aromatic carbocycles. The van der Waals surface area contributed by atoms with Gasteiger partial charge in [0.25, 0.3) is 5.91 Å². The standard InChI is InChI=1S/C19H20N4O3S/c1-22-17(25)14-10-23(16(24)11-26-13-6-3-2-4-7-13)12-19(14,21-18(22)20)15-8-5-9-27-15/h2-9,14H,10-12H2,1H3,(H2,20,21). The molecule has 0 saturated carbocycles. The van der Waals surface area contributed by atoms with E-state index < -0.39 is 11.5 Å². The van der Waals surface area contributed by atoms with E-state index in [-0.39, 0.29) is 24.4 Å². The van der Waals surface area contributed by atoms with E-state index in [1.54, 1.807) is 24.1 Å². The topological polar surface area (TPSA) is 85.7 Å². The number of rotatable bonds is 4. The van der Waals surface area contributed by atoms with Gasteiger partial charge in [0.1, 0.15) is 11.3 Å². The predicted octanol–water partition coefficient (Wildman–Crippen LogP) is 1.48. The fourth-order valence-corrected chi connectivity index (χ4v) is 4.62. The third-order valence-corrected chi connectivity index (χ3v) is 6.21. The van der Waals surface area contributed by atoms with Crippen LogP contribution in [0.2, 0.25) is 0 Å². The monoisotopic (exact) mass is 384 g/mol. The van der Waals surface area contributed by atoms with Crippen LogP contribution in [0.1, 0.15) is 4.88 Å². The molecule has 0 aliphatic carbocycles. The van der Waals surface area contributed by atoms with Gasteiger partial charge in [-0.25, -0.2) is 0 Å². The Labute approximate surface area is 161 Å². The number of para-hydroxylation sites is 1. The van der Waals surface area contributed by atoms with Crippen LogP contribution in [0, 0.1) is 11.3 Å². The van der Waals surface area contributed by atoms with Crippen molar-refractivity contribution in [3.63, 3.8) is 0 Å². The van der Waals surface area contributed by atoms with E-state index in [0.717, 1.165) is 4.88 Å². The van der Waals surface area contributed by atoms with Gasteiger partial charge >= 0.3 is 0 Å². The molecular weight excluding hydrogens is 364 g/mol. The first kappa shape index (κ1) is 17.5. The van der Waals surface area contributed by atoms with E-state index in [4.69, 9.17) is 10.1 Å². The minimum atomic E-state index is -0.753. The van der Waals surface area contributed by atoms with Crippen LogP contribution < -0.4 is 10.1 Å². The van der Waals surface area contributed by atoms with E-state index in [1.807, 2.05) is 35.7 Å². The Bertz CT molecular complexity index is 870. The van der Waals surface area contributed by atoms with E-state index in [0.29, 0.717) is 18.8 Å². The zero-order chi connectivity index (χ0) is 19.0. The Balaban J connectivity index is 1.56. The number of hydrogen-bond acceptors (Lipinski definition) is 5. The highest BCUT2D eigenvalue weighted by Gasteiger charge is 2.57. The number of likely N-dealkylation sites (tertiary alicyclic amines) is 1. The molecule has 4 rings (SSSR count). The molecule has 0 bridgehead atoms. The largest absolute Gasteiger partial charge is 0.484 e. The van der Waals surface area contributed by atoms with Gasteiger partial charge in [0.05, 0.1) is 5.92 Å². The van der Waals surface area contributed by atoms with Crippen LogP contribution in [-0.2, 0) is 15.1 Å². The van der Waals surface area contributed by atoms with Gasteiger partial charge in [-0.15, -0.1) is 11.3 Å². The molecular formula is C19H20N4O3S. The van der Waals surface area contributed by atoms with E-state index in [9.17, 15) is 9.59 Å². The zero-order valence-electron chi connectivity index (χ0n) is 14.8. The fourth-order valence-electron chi connectivity index (χ4n) is 3.69. The molecule has 0 spiro atoms. The smallest absolute Gasteiger partial charge is 0.260 e. The van der Waals surface area contributed by atoms with Crippen molar-refractivity contribution in [3.8, 4) is 5.75 Å². The molecule has 2 atom stereocenters. The quantitative estimate of drug-likeness (QED) is 0.836. The number of benzene rings is 1. The highest BCUT2D eigenvalue weighted by molar-refractivity contribution is 7.10. The van der Waals surface area contributed by atoms with Crippen LogP contribution in [0.4, 0.5) is 0 Å². The van der Waals surface area contributed by atoms with Crippen molar-refractivity contribution in [1.29, 1.82) is 5.41 Å². The van der Waals surface area contributed by atoms with Crippen LogP contribution in [0.3, 0.4) is 0 Å². The molecule has 2 saturated heterocycles. The molecule has 2 N–H and O–H groups in total. The van der Waals surface area contributed by atoms with Crippen molar-refractivity contribution in [2.24, 2.45) is 5.92 Å². The van der Waals surface area contributed by atoms with Crippen molar-refractivity contribution in [3.05, 3.63) is 52.7 Å². The lowest BCUT2D eigenvalue weighted by molar-refractivity contribution is -0.134. The number of carbonyl (C=O) groups excluding carboxylic acids is 2. The summed E-state index contributed by atoms with van der Waals surface area (Å²) in [4.78, 5) is 29.5. The first-order chi connectivity index (χ1) is 13.0. The lowest BCUT2D eigenvalue weighted by Crippen LogP contribution is -2.64. The Kier molecular flexibility index (Phi) is 4.35. The minimum Gasteiger partial charge on any atom is -0.484 e. The number of hydrogen-bond donors (Lipinski definition) is 2. The SMILES string of the molecule is CN1C(=N)NC2(c3cccs3)CN(C(=O)COc3ccccc3)CC2C1=O. The number of amides is 2. The maximum absolute atomic E-state index is 12.8. The average molecular weight is 384 g/mol. The maximum atomic E-state index is 12.8. The van der Waals surface area contributed by atoms with Gasteiger partial charge in [0.2, 0.25) is 5.91 Å². The number of carbonyl (C=O) groups is 2. The second-order valence-electron chi connectivity index (χ2n) is 6.75. The molecule has 1 aromatic heterocycles. The summed E-state index contributed by atoms with van der Waals surface area (Å²) in [6.45, 7) is 0.550. The first-order valence-electron chi connectivity index (χ1n) is 8.65. The summed E-state index contributed by atoms with van der Waals surface area (Å²) in [7, 11) is 1.58. The lowest BCUT2D eigenvalue weighted by atomic mass is 9.83. The van der Waals surface area contributed by atoms with Gasteiger partial charge in [-0.05, 0) is 23.6 Å². The van der Waals surface area contributed by atoms with Crippen LogP contribution >= 0.6 is 11.3 Å². The van der Waals surface area contributed by atoms with Crippen molar-refractivity contribution in [1.82, 2.24) is 15.1 Å². The van der Waals surface area contributed by atoms with Crippen molar-refractivity contribution in [2.75, 3.05) is 26.7 Å². The maximum Gasteiger partial charge on any atom is 0.260 e. The zero-order valence-corrected chi connectivity index (χ0v) is 15.7. The van der Waals surface area contributed by atoms with Gasteiger partial charge in [0, 0.05) is 25.0 Å². The molecule has 7 nitrogen and oxygen atoms in total. The fraction of sp³-hybridized carbons (Fsp3) is 0.316. The number of nitrogens with zero attached hydrogens (tertiary/aromatic N) is 2. The summed E-state index contributed by atoms with van der Waals surface area (Å²) in [6, 6.07) is 13.0. The van der Waals surface area contributed by atoms with Gasteiger partial charge < -0.3 is 15.0 Å². The Hall–Kier alpha value is -2.87. The van der Waals surface area contributed by atoms with Gasteiger partial charge in [0.15, 0.2) is 12.6 Å². The summed E-state index contributed by atoms with van der Waals surface area (Å²) >= 11 is 1.53. The Morgan fingerprint density at radius 1 is 1.33 bits per heavy atom. The molecule has 140 valence electrons. The third-order valence-electron chi connectivity index (χ3n) is 5.16. The first-order valence-corrected chi connectivity index (χ1v) is 9.53. The Morgan fingerprint density at radius 2 is 2.11 bits per heavy atom. The number of ether oxygens (including phenoxy) is 1. The second kappa shape index (κ2) is 6.70. The van der Waals surface area contributed by atoms with Gasteiger partial charge in [-0.2, -0.15) is 0 Å². The third kappa shape index (κ3) is 2.95. The molecule has 2 unspecified atom stereocenters. The average Bonchev–Trinajstić information content (AvgIpc) is 3.34. The van der Waals surface area contributed by atoms with Crippen LogP contribution in [0.5, 0.6) is 5.75 Å². The molecule has 2 aromatic rings. The highest BCUT2D eigenvalue weighted by atomic mass is 32.1. The van der Waals surface area contributed by atoms with E-state index in [2.05, 4.69) is 5.32 Å². The molecule has 2 aliphatic heterocycles. The number of thiophene rings is 1. The van der Waals surface area contributed by atoms with Crippen LogP contribution in [0.25, 0.3) is 0 Å². The summed E-state index contributed by atoms with van der Waals surface area (Å²) in [5.74, 6) is -0.0686. The summed E-state index contributed by atoms with van der Waals surface area (Å²) in [5.41, 5.74) is -0.753. The molecule has 27 heavy (non-hydrogen) atoms. The molecule has 2 fully saturated rings. The van der Waals surface area contributed by atoms with Gasteiger partial charge in [-0.1, -0.05) is 24.3 Å². The summed E-state index contributed by atoms with van der Waals surface area (Å²) in [6.07, 6.45) is 0. The van der Waals surface area contributed by atoms with E-state index >= 15 is 0 Å². The van der Waals surface area contributed by atoms with Crippen LogP contribution in [-0.4, -0.2) is 54.3 Å². The molecule has 3 heterocycles. The minimum absolute atomic E-state index is 0.0551. The lowest BCUT2D eigenvalue weighted by Gasteiger charge is -2.42. The Morgan fingerprint density at radius 3 is 2.81 bits per heavy atom. The van der Waals surface area contributed by atoms with Crippen molar-refractivity contribution in [2.45, 2.75) is 5.54 Å². The molecule has 2 aliphatic rings. The predicted molar refractivity (Wildman–Crippen MR) is 102 cm³/mol. The summed E-state index contributed by atoms with van der Waals surface area (Å²) in [5, 5.41) is 13.3. The molecule has 8 heteroatoms. The molecule has 2 amide bonds. The van der Waals surface area contributed by atoms with Crippen molar-refractivity contribution >= 4 is 29.1 Å². The second-order valence-corrected chi connectivity index (χ2v) is 7.70. The van der Waals surface area contributed by atoms with Crippen LogP contribution in [0.15, 0.2) is 47.8 Å². The highest BCUT2D eigenvalue weighted by Crippen LogP contribution is 2.42.